The number of benzene rings is 2. The summed E-state index contributed by atoms with van der Waals surface area (Å²) in [6, 6.07) is 14.3. The monoisotopic (exact) mass is 371 g/mol. The fourth-order valence-electron chi connectivity index (χ4n) is 3.33. The van der Waals surface area contributed by atoms with Crippen LogP contribution in [-0.4, -0.2) is 37.3 Å². The molecular weight excluding hydrogens is 346 g/mol. The maximum Gasteiger partial charge on any atom is 0.233 e. The summed E-state index contributed by atoms with van der Waals surface area (Å²) < 4.78 is 10.7. The highest BCUT2D eigenvalue weighted by Gasteiger charge is 2.30. The molecule has 3 rings (SSSR count). The zero-order valence-corrected chi connectivity index (χ0v) is 16.3. The number of ether oxygens (including phenoxy) is 2. The first-order valence-electron chi connectivity index (χ1n) is 8.83. The second-order valence-electron chi connectivity index (χ2n) is 6.46. The minimum Gasteiger partial charge on any atom is -0.493 e. The van der Waals surface area contributed by atoms with Gasteiger partial charge in [-0.2, -0.15) is 0 Å². The number of rotatable bonds is 6. The third-order valence-corrected chi connectivity index (χ3v) is 5.75. The van der Waals surface area contributed by atoms with Crippen LogP contribution in [-0.2, 0) is 4.79 Å². The SMILES string of the molecule is COc1ccc(C2CCCN2C(=O)CSc2ccc(C)cc2)cc1OC. The van der Waals surface area contributed by atoms with Gasteiger partial charge in [0.15, 0.2) is 11.5 Å². The highest BCUT2D eigenvalue weighted by atomic mass is 32.2. The molecule has 2 aromatic rings. The fourth-order valence-corrected chi connectivity index (χ4v) is 4.12. The first-order valence-corrected chi connectivity index (χ1v) is 9.82. The molecule has 1 saturated heterocycles. The van der Waals surface area contributed by atoms with E-state index in [1.54, 1.807) is 26.0 Å². The van der Waals surface area contributed by atoms with Crippen LogP contribution in [0.5, 0.6) is 11.5 Å². The van der Waals surface area contributed by atoms with Crippen molar-refractivity contribution >= 4 is 17.7 Å². The second kappa shape index (κ2) is 8.49. The van der Waals surface area contributed by atoms with Crippen LogP contribution in [0.2, 0.25) is 0 Å². The normalized spacial score (nSPS) is 16.6. The van der Waals surface area contributed by atoms with E-state index in [1.165, 1.54) is 5.56 Å². The molecule has 0 saturated carbocycles. The molecular formula is C21H25NO3S. The lowest BCUT2D eigenvalue weighted by Gasteiger charge is -2.25. The molecule has 1 aliphatic heterocycles. The third-order valence-electron chi connectivity index (χ3n) is 4.75. The van der Waals surface area contributed by atoms with Gasteiger partial charge in [0.2, 0.25) is 5.91 Å². The van der Waals surface area contributed by atoms with Crippen molar-refractivity contribution in [3.63, 3.8) is 0 Å². The van der Waals surface area contributed by atoms with Crippen LogP contribution in [0.3, 0.4) is 0 Å². The minimum atomic E-state index is 0.112. The molecule has 1 unspecified atom stereocenters. The summed E-state index contributed by atoms with van der Waals surface area (Å²) in [7, 11) is 3.27. The van der Waals surface area contributed by atoms with E-state index in [0.717, 1.165) is 29.8 Å². The van der Waals surface area contributed by atoms with Crippen LogP contribution in [0.4, 0.5) is 0 Å². The zero-order chi connectivity index (χ0) is 18.5. The quantitative estimate of drug-likeness (QED) is 0.703. The molecule has 0 radical (unpaired) electrons. The van der Waals surface area contributed by atoms with E-state index in [-0.39, 0.29) is 11.9 Å². The van der Waals surface area contributed by atoms with E-state index < -0.39 is 0 Å². The number of aryl methyl sites for hydroxylation is 1. The van der Waals surface area contributed by atoms with Gasteiger partial charge in [0.1, 0.15) is 0 Å². The van der Waals surface area contributed by atoms with Gasteiger partial charge in [0.05, 0.1) is 26.0 Å². The standard InChI is InChI=1S/C21H25NO3S/c1-15-6-9-17(10-7-15)26-14-21(23)22-12-4-5-18(22)16-8-11-19(24-2)20(13-16)25-3/h6-11,13,18H,4-5,12,14H2,1-3H3. The molecule has 1 heterocycles. The number of carbonyl (C=O) groups is 1. The number of thioether (sulfide) groups is 1. The number of methoxy groups -OCH3 is 2. The topological polar surface area (TPSA) is 38.8 Å². The van der Waals surface area contributed by atoms with Crippen LogP contribution >= 0.6 is 11.8 Å². The van der Waals surface area contributed by atoms with Crippen molar-refractivity contribution in [2.24, 2.45) is 0 Å². The molecule has 26 heavy (non-hydrogen) atoms. The summed E-state index contributed by atoms with van der Waals surface area (Å²) in [6.45, 7) is 2.88. The summed E-state index contributed by atoms with van der Waals surface area (Å²) in [4.78, 5) is 15.9. The number of nitrogens with zero attached hydrogens (tertiary/aromatic N) is 1. The molecule has 138 valence electrons. The summed E-state index contributed by atoms with van der Waals surface area (Å²) in [5.41, 5.74) is 2.34. The van der Waals surface area contributed by atoms with Gasteiger partial charge in [0, 0.05) is 11.4 Å². The van der Waals surface area contributed by atoms with Crippen molar-refractivity contribution in [1.29, 1.82) is 0 Å². The molecule has 2 aromatic carbocycles. The molecule has 0 spiro atoms. The van der Waals surface area contributed by atoms with E-state index >= 15 is 0 Å². The van der Waals surface area contributed by atoms with Crippen LogP contribution in [0, 0.1) is 6.92 Å². The van der Waals surface area contributed by atoms with Crippen molar-refractivity contribution < 1.29 is 14.3 Å². The van der Waals surface area contributed by atoms with Crippen LogP contribution in [0.15, 0.2) is 47.4 Å². The average molecular weight is 372 g/mol. The lowest BCUT2D eigenvalue weighted by molar-refractivity contribution is -0.129. The lowest BCUT2D eigenvalue weighted by atomic mass is 10.0. The predicted octanol–water partition coefficient (Wildman–Crippen LogP) is 4.47. The average Bonchev–Trinajstić information content (AvgIpc) is 3.16. The lowest BCUT2D eigenvalue weighted by Crippen LogP contribution is -2.32. The Morgan fingerprint density at radius 3 is 2.54 bits per heavy atom. The molecule has 5 heteroatoms. The Kier molecular flexibility index (Phi) is 6.09. The zero-order valence-electron chi connectivity index (χ0n) is 15.5. The van der Waals surface area contributed by atoms with Crippen molar-refractivity contribution in [1.82, 2.24) is 4.90 Å². The molecule has 1 atom stereocenters. The minimum absolute atomic E-state index is 0.112. The van der Waals surface area contributed by atoms with E-state index in [0.29, 0.717) is 17.3 Å². The molecule has 1 amide bonds. The molecule has 0 N–H and O–H groups in total. The Labute approximate surface area is 159 Å². The Hall–Kier alpha value is -2.14. The number of likely N-dealkylation sites (tertiary alicyclic amines) is 1. The largest absolute Gasteiger partial charge is 0.493 e. The maximum absolute atomic E-state index is 12.8. The first kappa shape index (κ1) is 18.6. The third kappa shape index (κ3) is 4.15. The van der Waals surface area contributed by atoms with Gasteiger partial charge in [-0.25, -0.2) is 0 Å². The van der Waals surface area contributed by atoms with E-state index in [1.807, 2.05) is 23.1 Å². The van der Waals surface area contributed by atoms with Crippen LogP contribution in [0.25, 0.3) is 0 Å². The van der Waals surface area contributed by atoms with E-state index in [4.69, 9.17) is 9.47 Å². The van der Waals surface area contributed by atoms with Crippen molar-refractivity contribution in [3.05, 3.63) is 53.6 Å². The van der Waals surface area contributed by atoms with E-state index in [9.17, 15) is 4.79 Å². The smallest absolute Gasteiger partial charge is 0.233 e. The van der Waals surface area contributed by atoms with Crippen molar-refractivity contribution in [2.45, 2.75) is 30.7 Å². The van der Waals surface area contributed by atoms with Crippen LogP contribution in [0.1, 0.15) is 30.0 Å². The van der Waals surface area contributed by atoms with Gasteiger partial charge in [-0.3, -0.25) is 4.79 Å². The number of amides is 1. The van der Waals surface area contributed by atoms with Gasteiger partial charge in [0.25, 0.3) is 0 Å². The Morgan fingerprint density at radius 1 is 1.12 bits per heavy atom. The molecule has 0 aliphatic carbocycles. The number of hydrogen-bond acceptors (Lipinski definition) is 4. The van der Waals surface area contributed by atoms with Crippen LogP contribution < -0.4 is 9.47 Å². The molecule has 0 aromatic heterocycles. The van der Waals surface area contributed by atoms with Gasteiger partial charge < -0.3 is 14.4 Å². The second-order valence-corrected chi connectivity index (χ2v) is 7.51. The number of carbonyl (C=O) groups excluding carboxylic acids is 1. The summed E-state index contributed by atoms with van der Waals surface area (Å²) in [5, 5.41) is 0. The maximum atomic E-state index is 12.8. The Balaban J connectivity index is 1.69. The predicted molar refractivity (Wildman–Crippen MR) is 105 cm³/mol. The molecule has 4 nitrogen and oxygen atoms in total. The molecule has 1 aliphatic rings. The van der Waals surface area contributed by atoms with E-state index in [2.05, 4.69) is 31.2 Å². The van der Waals surface area contributed by atoms with Gasteiger partial charge >= 0.3 is 0 Å². The van der Waals surface area contributed by atoms with Crippen molar-refractivity contribution in [3.8, 4) is 11.5 Å². The molecule has 0 bridgehead atoms. The van der Waals surface area contributed by atoms with Gasteiger partial charge in [-0.1, -0.05) is 23.8 Å². The highest BCUT2D eigenvalue weighted by Crippen LogP contribution is 2.37. The summed E-state index contributed by atoms with van der Waals surface area (Å²) >= 11 is 1.60. The summed E-state index contributed by atoms with van der Waals surface area (Å²) in [6.07, 6.45) is 2.01. The first-order chi connectivity index (χ1) is 12.6. The highest BCUT2D eigenvalue weighted by molar-refractivity contribution is 8.00. The van der Waals surface area contributed by atoms with Gasteiger partial charge in [-0.05, 0) is 49.6 Å². The van der Waals surface area contributed by atoms with Gasteiger partial charge in [-0.15, -0.1) is 11.8 Å². The van der Waals surface area contributed by atoms with Crippen molar-refractivity contribution in [2.75, 3.05) is 26.5 Å². The summed E-state index contributed by atoms with van der Waals surface area (Å²) in [5.74, 6) is 2.07. The number of hydrogen-bond donors (Lipinski definition) is 0. The Morgan fingerprint density at radius 2 is 1.85 bits per heavy atom. The Bertz CT molecular complexity index is 760. The molecule has 1 fully saturated rings. The fraction of sp³-hybridized carbons (Fsp3) is 0.381.